The Balaban J connectivity index is 2.50. The zero-order valence-corrected chi connectivity index (χ0v) is 10.4. The number of rotatable bonds is 1. The van der Waals surface area contributed by atoms with E-state index in [1.165, 1.54) is 6.07 Å². The van der Waals surface area contributed by atoms with Crippen molar-refractivity contribution in [1.29, 1.82) is 0 Å². The predicted molar refractivity (Wildman–Crippen MR) is 62.5 cm³/mol. The predicted octanol–water partition coefficient (Wildman–Crippen LogP) is 3.30. The van der Waals surface area contributed by atoms with E-state index in [2.05, 4.69) is 5.32 Å². The number of hydrogen-bond donors (Lipinski definition) is 1. The van der Waals surface area contributed by atoms with E-state index < -0.39 is 5.82 Å². The third kappa shape index (κ3) is 2.02. The Bertz CT molecular complexity index is 420. The van der Waals surface area contributed by atoms with Gasteiger partial charge in [0.05, 0.1) is 5.02 Å². The van der Waals surface area contributed by atoms with Crippen molar-refractivity contribution in [2.24, 2.45) is 0 Å². The van der Waals surface area contributed by atoms with Crippen LogP contribution in [0.2, 0.25) is 5.02 Å². The van der Waals surface area contributed by atoms with Gasteiger partial charge in [0.25, 0.3) is 0 Å². The summed E-state index contributed by atoms with van der Waals surface area (Å²) in [5, 5.41) is 3.34. The van der Waals surface area contributed by atoms with Crippen LogP contribution in [0.1, 0.15) is 31.9 Å². The van der Waals surface area contributed by atoms with Crippen LogP contribution in [0.5, 0.6) is 5.75 Å². The van der Waals surface area contributed by atoms with Gasteiger partial charge in [-0.25, -0.2) is 4.39 Å². The van der Waals surface area contributed by atoms with Crippen LogP contribution in [-0.2, 0) is 0 Å². The summed E-state index contributed by atoms with van der Waals surface area (Å²) in [5.74, 6) is 0.144. The minimum atomic E-state index is -0.437. The van der Waals surface area contributed by atoms with Crippen molar-refractivity contribution in [3.05, 3.63) is 28.5 Å². The molecule has 1 N–H and O–H groups in total. The first kappa shape index (κ1) is 11.7. The van der Waals surface area contributed by atoms with E-state index in [-0.39, 0.29) is 16.7 Å². The number of fused-ring (bicyclic) bond motifs is 1. The van der Waals surface area contributed by atoms with Crippen LogP contribution >= 0.6 is 11.6 Å². The Kier molecular flexibility index (Phi) is 2.84. The van der Waals surface area contributed by atoms with Gasteiger partial charge >= 0.3 is 0 Å². The first-order valence-electron chi connectivity index (χ1n) is 5.28. The van der Waals surface area contributed by atoms with Crippen LogP contribution in [0.15, 0.2) is 12.1 Å². The number of benzene rings is 1. The van der Waals surface area contributed by atoms with Crippen molar-refractivity contribution in [3.8, 4) is 5.75 Å². The van der Waals surface area contributed by atoms with Crippen molar-refractivity contribution < 1.29 is 9.13 Å². The Morgan fingerprint density at radius 1 is 1.50 bits per heavy atom. The molecule has 1 aromatic carbocycles. The molecule has 0 saturated carbocycles. The molecule has 16 heavy (non-hydrogen) atoms. The van der Waals surface area contributed by atoms with E-state index in [1.807, 2.05) is 20.9 Å². The van der Waals surface area contributed by atoms with Crippen LogP contribution in [0.25, 0.3) is 0 Å². The van der Waals surface area contributed by atoms with Crippen LogP contribution < -0.4 is 10.1 Å². The summed E-state index contributed by atoms with van der Waals surface area (Å²) in [4.78, 5) is 0. The third-order valence-electron chi connectivity index (χ3n) is 2.86. The Hall–Kier alpha value is -0.800. The van der Waals surface area contributed by atoms with E-state index in [0.29, 0.717) is 5.75 Å². The molecule has 88 valence electrons. The number of halogens is 2. The van der Waals surface area contributed by atoms with Gasteiger partial charge in [-0.15, -0.1) is 0 Å². The second-order valence-electron chi connectivity index (χ2n) is 4.71. The van der Waals surface area contributed by atoms with E-state index in [1.54, 1.807) is 6.07 Å². The van der Waals surface area contributed by atoms with Crippen molar-refractivity contribution in [3.63, 3.8) is 0 Å². The van der Waals surface area contributed by atoms with E-state index in [9.17, 15) is 4.39 Å². The summed E-state index contributed by atoms with van der Waals surface area (Å²) in [6.45, 7) is 3.99. The lowest BCUT2D eigenvalue weighted by molar-refractivity contribution is 0.0671. The molecule has 0 radical (unpaired) electrons. The lowest BCUT2D eigenvalue weighted by Crippen LogP contribution is -2.38. The summed E-state index contributed by atoms with van der Waals surface area (Å²) in [6.07, 6.45) is 0.832. The maximum Gasteiger partial charge on any atom is 0.145 e. The van der Waals surface area contributed by atoms with Gasteiger partial charge in [0.15, 0.2) is 0 Å². The molecule has 1 aliphatic rings. The molecular formula is C12H15ClFNO. The Morgan fingerprint density at radius 2 is 2.19 bits per heavy atom. The second kappa shape index (κ2) is 3.90. The topological polar surface area (TPSA) is 21.3 Å². The molecule has 1 heterocycles. The van der Waals surface area contributed by atoms with Crippen LogP contribution in [0, 0.1) is 5.82 Å². The van der Waals surface area contributed by atoms with E-state index in [4.69, 9.17) is 16.3 Å². The second-order valence-corrected chi connectivity index (χ2v) is 5.12. The molecule has 1 unspecified atom stereocenters. The maximum absolute atomic E-state index is 13.4. The van der Waals surface area contributed by atoms with E-state index >= 15 is 0 Å². The summed E-state index contributed by atoms with van der Waals surface area (Å²) in [7, 11) is 1.88. The average molecular weight is 244 g/mol. The Morgan fingerprint density at radius 3 is 2.81 bits per heavy atom. The van der Waals surface area contributed by atoms with Gasteiger partial charge in [0, 0.05) is 24.1 Å². The number of ether oxygens (including phenoxy) is 1. The minimum Gasteiger partial charge on any atom is -0.487 e. The third-order valence-corrected chi connectivity index (χ3v) is 3.15. The zero-order valence-electron chi connectivity index (χ0n) is 9.60. The van der Waals surface area contributed by atoms with E-state index in [0.717, 1.165) is 12.0 Å². The highest BCUT2D eigenvalue weighted by Gasteiger charge is 2.33. The molecule has 2 nitrogen and oxygen atoms in total. The van der Waals surface area contributed by atoms with Gasteiger partial charge in [0.2, 0.25) is 0 Å². The highest BCUT2D eigenvalue weighted by molar-refractivity contribution is 6.30. The van der Waals surface area contributed by atoms with Gasteiger partial charge in [-0.2, -0.15) is 0 Å². The highest BCUT2D eigenvalue weighted by Crippen LogP contribution is 2.41. The molecule has 0 fully saturated rings. The molecule has 1 aromatic rings. The summed E-state index contributed by atoms with van der Waals surface area (Å²) >= 11 is 5.78. The minimum absolute atomic E-state index is 0.141. The van der Waals surface area contributed by atoms with Crippen molar-refractivity contribution >= 4 is 11.6 Å². The largest absolute Gasteiger partial charge is 0.487 e. The molecule has 0 bridgehead atoms. The summed E-state index contributed by atoms with van der Waals surface area (Å²) in [6, 6.07) is 3.16. The van der Waals surface area contributed by atoms with Gasteiger partial charge in [-0.05, 0) is 27.0 Å². The molecule has 0 aliphatic carbocycles. The summed E-state index contributed by atoms with van der Waals surface area (Å²) in [5.41, 5.74) is 0.634. The monoisotopic (exact) mass is 243 g/mol. The Labute approximate surface area is 99.7 Å². The fourth-order valence-electron chi connectivity index (χ4n) is 2.10. The molecule has 0 amide bonds. The normalized spacial score (nSPS) is 22.4. The van der Waals surface area contributed by atoms with Crippen molar-refractivity contribution in [1.82, 2.24) is 5.32 Å². The SMILES string of the molecule is CNC1CC(C)(C)Oc2cc(F)c(Cl)cc21. The first-order valence-corrected chi connectivity index (χ1v) is 5.66. The molecule has 0 aromatic heterocycles. The lowest BCUT2D eigenvalue weighted by Gasteiger charge is -2.37. The van der Waals surface area contributed by atoms with Gasteiger partial charge < -0.3 is 10.1 Å². The van der Waals surface area contributed by atoms with Crippen LogP contribution in [0.3, 0.4) is 0 Å². The molecule has 4 heteroatoms. The van der Waals surface area contributed by atoms with Gasteiger partial charge in [-0.3, -0.25) is 0 Å². The summed E-state index contributed by atoms with van der Waals surface area (Å²) < 4.78 is 19.1. The number of nitrogens with one attached hydrogen (secondary N) is 1. The maximum atomic E-state index is 13.4. The van der Waals surface area contributed by atoms with Gasteiger partial charge in [0.1, 0.15) is 17.2 Å². The van der Waals surface area contributed by atoms with Gasteiger partial charge in [-0.1, -0.05) is 11.6 Å². The molecule has 0 saturated heterocycles. The molecule has 1 aliphatic heterocycles. The zero-order chi connectivity index (χ0) is 11.9. The smallest absolute Gasteiger partial charge is 0.145 e. The van der Waals surface area contributed by atoms with Crippen LogP contribution in [0.4, 0.5) is 4.39 Å². The molecule has 0 spiro atoms. The molecule has 1 atom stereocenters. The highest BCUT2D eigenvalue weighted by atomic mass is 35.5. The lowest BCUT2D eigenvalue weighted by atomic mass is 9.90. The fourth-order valence-corrected chi connectivity index (χ4v) is 2.28. The molecule has 2 rings (SSSR count). The number of hydrogen-bond acceptors (Lipinski definition) is 2. The standard InChI is InChI=1S/C12H15ClFNO/c1-12(2)6-10(15-3)7-4-8(13)9(14)5-11(7)16-12/h4-5,10,15H,6H2,1-3H3. The van der Waals surface area contributed by atoms with Crippen LogP contribution in [-0.4, -0.2) is 12.6 Å². The quantitative estimate of drug-likeness (QED) is 0.817. The fraction of sp³-hybridized carbons (Fsp3) is 0.500. The van der Waals surface area contributed by atoms with Crippen molar-refractivity contribution in [2.75, 3.05) is 7.05 Å². The average Bonchev–Trinajstić information content (AvgIpc) is 2.18. The van der Waals surface area contributed by atoms with Crippen molar-refractivity contribution in [2.45, 2.75) is 31.9 Å². The first-order chi connectivity index (χ1) is 7.43. The molecular weight excluding hydrogens is 229 g/mol.